The maximum Gasteiger partial charge on any atom is 0.358 e. The lowest BCUT2D eigenvalue weighted by molar-refractivity contribution is 0.0691. The summed E-state index contributed by atoms with van der Waals surface area (Å²) in [7, 11) is 1.60. The molecule has 0 aliphatic heterocycles. The fourth-order valence-corrected chi connectivity index (χ4v) is 2.93. The van der Waals surface area contributed by atoms with Crippen LogP contribution in [0.4, 0.5) is 0 Å². The number of pyridine rings is 1. The molecule has 3 aromatic rings. The van der Waals surface area contributed by atoms with E-state index in [-0.39, 0.29) is 5.69 Å². The summed E-state index contributed by atoms with van der Waals surface area (Å²) in [6, 6.07) is 9.08. The maximum absolute atomic E-state index is 11.4. The van der Waals surface area contributed by atoms with Crippen LogP contribution in [-0.4, -0.2) is 38.2 Å². The van der Waals surface area contributed by atoms with Crippen LogP contribution in [0.2, 0.25) is 0 Å². The first kappa shape index (κ1) is 16.1. The first-order valence-electron chi connectivity index (χ1n) is 6.99. The van der Waals surface area contributed by atoms with Crippen molar-refractivity contribution in [1.29, 1.82) is 0 Å². The molecule has 0 bridgehead atoms. The summed E-state index contributed by atoms with van der Waals surface area (Å²) in [4.78, 5) is 15.4. The van der Waals surface area contributed by atoms with Gasteiger partial charge in [0.2, 0.25) is 0 Å². The zero-order valence-electron chi connectivity index (χ0n) is 12.7. The van der Waals surface area contributed by atoms with Crippen molar-refractivity contribution < 1.29 is 14.6 Å². The topological polar surface area (TPSA) is 90.1 Å². The van der Waals surface area contributed by atoms with Gasteiger partial charge in [0.1, 0.15) is 11.4 Å². The zero-order valence-corrected chi connectivity index (χ0v) is 14.3. The van der Waals surface area contributed by atoms with Crippen LogP contribution in [0.1, 0.15) is 16.1 Å². The van der Waals surface area contributed by atoms with Gasteiger partial charge >= 0.3 is 5.97 Å². The zero-order chi connectivity index (χ0) is 17.1. The number of carbonyl (C=O) groups is 1. The summed E-state index contributed by atoms with van der Waals surface area (Å²) >= 11 is 3.44. The van der Waals surface area contributed by atoms with Crippen LogP contribution in [0, 0.1) is 0 Å². The van der Waals surface area contributed by atoms with Gasteiger partial charge in [0.15, 0.2) is 5.69 Å². The second-order valence-corrected chi connectivity index (χ2v) is 5.81. The van der Waals surface area contributed by atoms with Crippen molar-refractivity contribution in [2.24, 2.45) is 0 Å². The third kappa shape index (κ3) is 3.13. The minimum atomic E-state index is -1.12. The molecule has 0 aliphatic rings. The van der Waals surface area contributed by atoms with E-state index in [1.165, 1.54) is 0 Å². The van der Waals surface area contributed by atoms with Gasteiger partial charge in [-0.25, -0.2) is 9.48 Å². The minimum Gasteiger partial charge on any atom is -0.496 e. The number of methoxy groups -OCH3 is 1. The monoisotopic (exact) mass is 388 g/mol. The smallest absolute Gasteiger partial charge is 0.358 e. The second-order valence-electron chi connectivity index (χ2n) is 4.95. The van der Waals surface area contributed by atoms with Crippen LogP contribution in [0.3, 0.4) is 0 Å². The molecule has 0 radical (unpaired) electrons. The van der Waals surface area contributed by atoms with Crippen molar-refractivity contribution in [3.63, 3.8) is 0 Å². The molecule has 0 amide bonds. The Morgan fingerprint density at radius 3 is 2.67 bits per heavy atom. The van der Waals surface area contributed by atoms with Gasteiger partial charge in [-0.15, -0.1) is 5.10 Å². The molecule has 122 valence electrons. The fraction of sp³-hybridized carbons (Fsp3) is 0.125. The van der Waals surface area contributed by atoms with Crippen molar-refractivity contribution >= 4 is 21.9 Å². The van der Waals surface area contributed by atoms with E-state index in [2.05, 4.69) is 31.2 Å². The summed E-state index contributed by atoms with van der Waals surface area (Å²) in [6.07, 6.45) is 3.20. The molecule has 0 saturated carbocycles. The van der Waals surface area contributed by atoms with E-state index in [4.69, 9.17) is 4.74 Å². The van der Waals surface area contributed by atoms with Crippen LogP contribution in [0.25, 0.3) is 11.3 Å². The average Bonchev–Trinajstić information content (AvgIpc) is 2.99. The highest BCUT2D eigenvalue weighted by Gasteiger charge is 2.20. The lowest BCUT2D eigenvalue weighted by Gasteiger charge is -2.09. The summed E-state index contributed by atoms with van der Waals surface area (Å²) in [5.41, 5.74) is 1.98. The Kier molecular flexibility index (Phi) is 4.57. The first-order valence-corrected chi connectivity index (χ1v) is 7.79. The van der Waals surface area contributed by atoms with Crippen LogP contribution in [0.15, 0.2) is 47.2 Å². The molecule has 0 atom stereocenters. The van der Waals surface area contributed by atoms with Gasteiger partial charge in [-0.3, -0.25) is 4.98 Å². The highest BCUT2D eigenvalue weighted by molar-refractivity contribution is 9.10. The number of nitrogens with zero attached hydrogens (tertiary/aromatic N) is 4. The quantitative estimate of drug-likeness (QED) is 0.722. The Balaban J connectivity index is 2.03. The minimum absolute atomic E-state index is 0.0891. The molecule has 0 spiro atoms. The predicted molar refractivity (Wildman–Crippen MR) is 90.0 cm³/mol. The van der Waals surface area contributed by atoms with Crippen LogP contribution >= 0.6 is 15.9 Å². The molecule has 2 aromatic heterocycles. The molecule has 2 heterocycles. The van der Waals surface area contributed by atoms with Crippen molar-refractivity contribution in [1.82, 2.24) is 20.0 Å². The number of halogens is 1. The molecular formula is C16H13BrN4O3. The number of carboxylic acid groups (broad SMARTS) is 1. The standard InChI is InChI=1S/C16H13BrN4O3/c1-24-13-3-2-10(8-12(13)17)9-21-15(11-4-6-18-7-5-11)14(16(22)23)19-20-21/h2-8H,9H2,1H3,(H,22,23). The summed E-state index contributed by atoms with van der Waals surface area (Å²) in [6.45, 7) is 0.376. The van der Waals surface area contributed by atoms with E-state index >= 15 is 0 Å². The molecule has 24 heavy (non-hydrogen) atoms. The predicted octanol–water partition coefficient (Wildman–Crippen LogP) is 2.86. The Bertz CT molecular complexity index is 880. The third-order valence-electron chi connectivity index (χ3n) is 3.44. The van der Waals surface area contributed by atoms with Gasteiger partial charge in [-0.2, -0.15) is 0 Å². The summed E-state index contributed by atoms with van der Waals surface area (Å²) in [5.74, 6) is -0.401. The van der Waals surface area contributed by atoms with Gasteiger partial charge in [-0.05, 0) is 45.8 Å². The molecule has 3 rings (SSSR count). The molecule has 8 heteroatoms. The number of hydrogen-bond donors (Lipinski definition) is 1. The van der Waals surface area contributed by atoms with Gasteiger partial charge in [-0.1, -0.05) is 11.3 Å². The van der Waals surface area contributed by atoms with Crippen LogP contribution in [0.5, 0.6) is 5.75 Å². The molecule has 0 aliphatic carbocycles. The molecule has 0 fully saturated rings. The van der Waals surface area contributed by atoms with E-state index in [0.29, 0.717) is 17.8 Å². The number of benzene rings is 1. The van der Waals surface area contributed by atoms with Gasteiger partial charge in [0, 0.05) is 18.0 Å². The fourth-order valence-electron chi connectivity index (χ4n) is 2.34. The largest absolute Gasteiger partial charge is 0.496 e. The molecule has 7 nitrogen and oxygen atoms in total. The molecule has 0 unspecified atom stereocenters. The maximum atomic E-state index is 11.4. The lowest BCUT2D eigenvalue weighted by atomic mass is 10.1. The molecule has 1 N–H and O–H groups in total. The van der Waals surface area contributed by atoms with Crippen LogP contribution in [-0.2, 0) is 6.54 Å². The van der Waals surface area contributed by atoms with Crippen molar-refractivity contribution in [3.8, 4) is 17.0 Å². The third-order valence-corrected chi connectivity index (χ3v) is 4.06. The molecular weight excluding hydrogens is 376 g/mol. The van der Waals surface area contributed by atoms with E-state index in [0.717, 1.165) is 15.8 Å². The molecule has 1 aromatic carbocycles. The Morgan fingerprint density at radius 2 is 2.04 bits per heavy atom. The van der Waals surface area contributed by atoms with Gasteiger partial charge in [0.25, 0.3) is 0 Å². The second kappa shape index (κ2) is 6.79. The van der Waals surface area contributed by atoms with Crippen molar-refractivity contribution in [2.75, 3.05) is 7.11 Å². The lowest BCUT2D eigenvalue weighted by Crippen LogP contribution is -2.06. The van der Waals surface area contributed by atoms with Crippen LogP contribution < -0.4 is 4.74 Å². The summed E-state index contributed by atoms with van der Waals surface area (Å²) < 4.78 is 7.59. The van der Waals surface area contributed by atoms with Crippen molar-refractivity contribution in [3.05, 3.63) is 58.5 Å². The number of aromatic nitrogens is 4. The number of ether oxygens (including phenoxy) is 1. The molecule has 0 saturated heterocycles. The van der Waals surface area contributed by atoms with E-state index in [9.17, 15) is 9.90 Å². The summed E-state index contributed by atoms with van der Waals surface area (Å²) in [5, 5.41) is 17.2. The SMILES string of the molecule is COc1ccc(Cn2nnc(C(=O)O)c2-c2ccncc2)cc1Br. The Morgan fingerprint density at radius 1 is 1.29 bits per heavy atom. The number of aromatic carboxylic acids is 1. The van der Waals surface area contributed by atoms with Gasteiger partial charge in [0.05, 0.1) is 18.1 Å². The number of rotatable bonds is 5. The number of carboxylic acids is 1. The van der Waals surface area contributed by atoms with E-state index in [1.54, 1.807) is 36.3 Å². The highest BCUT2D eigenvalue weighted by Crippen LogP contribution is 2.27. The van der Waals surface area contributed by atoms with E-state index < -0.39 is 5.97 Å². The average molecular weight is 389 g/mol. The number of hydrogen-bond acceptors (Lipinski definition) is 5. The first-order chi connectivity index (χ1) is 11.6. The Labute approximate surface area is 146 Å². The highest BCUT2D eigenvalue weighted by atomic mass is 79.9. The Hall–Kier alpha value is -2.74. The van der Waals surface area contributed by atoms with E-state index in [1.807, 2.05) is 18.2 Å². The normalized spacial score (nSPS) is 10.6. The van der Waals surface area contributed by atoms with Gasteiger partial charge < -0.3 is 9.84 Å². The van der Waals surface area contributed by atoms with Crippen molar-refractivity contribution in [2.45, 2.75) is 6.54 Å².